The Hall–Kier alpha value is 0.200. The van der Waals surface area contributed by atoms with E-state index >= 15 is 0 Å². The first-order valence-corrected chi connectivity index (χ1v) is 7.66. The molecule has 1 atom stereocenters. The summed E-state index contributed by atoms with van der Waals surface area (Å²) in [7, 11) is 0. The van der Waals surface area contributed by atoms with E-state index < -0.39 is 0 Å². The van der Waals surface area contributed by atoms with Gasteiger partial charge in [-0.15, -0.1) is 24.8 Å². The Balaban J connectivity index is 0.00000180. The molecule has 1 aliphatic rings. The van der Waals surface area contributed by atoms with Crippen LogP contribution >= 0.6 is 40.7 Å². The molecule has 0 amide bonds. The summed E-state index contributed by atoms with van der Waals surface area (Å²) in [6, 6.07) is 9.41. The zero-order valence-electron chi connectivity index (χ0n) is 12.1. The Morgan fingerprint density at radius 3 is 2.15 bits per heavy atom. The summed E-state index contributed by atoms with van der Waals surface area (Å²) in [5, 5.41) is 3.43. The molecule has 0 saturated carbocycles. The summed E-state index contributed by atoms with van der Waals surface area (Å²) in [4.78, 5) is 2.62. The minimum atomic E-state index is 0. The molecule has 1 fully saturated rings. The van der Waals surface area contributed by atoms with Gasteiger partial charge in [0.15, 0.2) is 0 Å². The van der Waals surface area contributed by atoms with Crippen LogP contribution in [0.2, 0.25) is 0 Å². The third-order valence-corrected chi connectivity index (χ3v) is 4.07. The molecule has 1 aromatic carbocycles. The summed E-state index contributed by atoms with van der Waals surface area (Å²) >= 11 is 3.52. The zero-order chi connectivity index (χ0) is 13.0. The summed E-state index contributed by atoms with van der Waals surface area (Å²) < 4.78 is 1.16. The second-order valence-corrected chi connectivity index (χ2v) is 6.40. The van der Waals surface area contributed by atoms with E-state index in [2.05, 4.69) is 64.3 Å². The van der Waals surface area contributed by atoms with Gasteiger partial charge in [0.1, 0.15) is 0 Å². The third-order valence-electron chi connectivity index (χ3n) is 3.54. The molecule has 1 aromatic rings. The molecule has 0 aromatic heterocycles. The lowest BCUT2D eigenvalue weighted by atomic mass is 9.95. The number of piperazine rings is 1. The van der Waals surface area contributed by atoms with E-state index in [1.807, 2.05) is 0 Å². The fourth-order valence-corrected chi connectivity index (χ4v) is 2.89. The normalized spacial score (nSPS) is 17.2. The lowest BCUT2D eigenvalue weighted by molar-refractivity contribution is 0.154. The molecule has 0 aliphatic carbocycles. The Kier molecular flexibility index (Phi) is 10.1. The van der Waals surface area contributed by atoms with Crippen molar-refractivity contribution in [1.29, 1.82) is 0 Å². The van der Waals surface area contributed by atoms with Gasteiger partial charge in [-0.3, -0.25) is 4.90 Å². The average Bonchev–Trinajstić information content (AvgIpc) is 2.38. The van der Waals surface area contributed by atoms with E-state index in [1.54, 1.807) is 0 Å². The van der Waals surface area contributed by atoms with E-state index in [4.69, 9.17) is 0 Å². The van der Waals surface area contributed by atoms with E-state index in [0.29, 0.717) is 6.04 Å². The van der Waals surface area contributed by atoms with Crippen molar-refractivity contribution < 1.29 is 0 Å². The van der Waals surface area contributed by atoms with Crippen LogP contribution in [-0.4, -0.2) is 31.1 Å². The van der Waals surface area contributed by atoms with Crippen molar-refractivity contribution in [2.45, 2.75) is 26.3 Å². The van der Waals surface area contributed by atoms with Gasteiger partial charge in [0, 0.05) is 36.7 Å². The van der Waals surface area contributed by atoms with Gasteiger partial charge in [0.2, 0.25) is 0 Å². The molecule has 1 N–H and O–H groups in total. The minimum Gasteiger partial charge on any atom is -0.314 e. The Morgan fingerprint density at radius 1 is 1.10 bits per heavy atom. The number of halogens is 3. The van der Waals surface area contributed by atoms with Gasteiger partial charge in [-0.1, -0.05) is 41.9 Å². The van der Waals surface area contributed by atoms with E-state index in [1.165, 1.54) is 12.0 Å². The first-order chi connectivity index (χ1) is 8.66. The molecule has 1 aliphatic heterocycles. The van der Waals surface area contributed by atoms with Crippen molar-refractivity contribution in [2.75, 3.05) is 26.2 Å². The van der Waals surface area contributed by atoms with Crippen LogP contribution in [0.1, 0.15) is 31.9 Å². The number of hydrogen-bond acceptors (Lipinski definition) is 2. The molecular formula is C15H25BrCl2N2. The number of nitrogens with one attached hydrogen (secondary N) is 1. The smallest absolute Gasteiger partial charge is 0.0351 e. The molecule has 0 spiro atoms. The van der Waals surface area contributed by atoms with Crippen LogP contribution < -0.4 is 5.32 Å². The van der Waals surface area contributed by atoms with Crippen LogP contribution in [0.15, 0.2) is 28.7 Å². The van der Waals surface area contributed by atoms with E-state index in [0.717, 1.165) is 36.6 Å². The van der Waals surface area contributed by atoms with Crippen LogP contribution in [0, 0.1) is 5.92 Å². The standard InChI is InChI=1S/C15H23BrN2.2ClH/c1-12(2)11-15(18-9-7-17-8-10-18)13-3-5-14(16)6-4-13;;/h3-6,12,15,17H,7-11H2,1-2H3;2*1H/t15-;;/m1../s1. The van der Waals surface area contributed by atoms with Gasteiger partial charge in [-0.2, -0.15) is 0 Å². The largest absolute Gasteiger partial charge is 0.314 e. The molecule has 2 nitrogen and oxygen atoms in total. The van der Waals surface area contributed by atoms with Crippen LogP contribution in [0.25, 0.3) is 0 Å². The Bertz CT molecular complexity index is 365. The SMILES string of the molecule is CC(C)C[C@H](c1ccc(Br)cc1)N1CCNCC1.Cl.Cl. The third kappa shape index (κ3) is 5.90. The van der Waals surface area contributed by atoms with Crippen molar-refractivity contribution >= 4 is 40.7 Å². The van der Waals surface area contributed by atoms with E-state index in [9.17, 15) is 0 Å². The minimum absolute atomic E-state index is 0. The summed E-state index contributed by atoms with van der Waals surface area (Å²) in [5.74, 6) is 0.730. The molecule has 20 heavy (non-hydrogen) atoms. The van der Waals surface area contributed by atoms with Crippen molar-refractivity contribution in [1.82, 2.24) is 10.2 Å². The number of nitrogens with zero attached hydrogens (tertiary/aromatic N) is 1. The lowest BCUT2D eigenvalue weighted by Gasteiger charge is -2.36. The van der Waals surface area contributed by atoms with Crippen LogP contribution in [-0.2, 0) is 0 Å². The maximum absolute atomic E-state index is 3.52. The Labute approximate surface area is 143 Å². The second kappa shape index (κ2) is 10.0. The summed E-state index contributed by atoms with van der Waals surface area (Å²) in [6.45, 7) is 9.18. The summed E-state index contributed by atoms with van der Waals surface area (Å²) in [6.07, 6.45) is 1.24. The highest BCUT2D eigenvalue weighted by atomic mass is 79.9. The number of benzene rings is 1. The lowest BCUT2D eigenvalue weighted by Crippen LogP contribution is -2.45. The van der Waals surface area contributed by atoms with Crippen LogP contribution in [0.5, 0.6) is 0 Å². The first-order valence-electron chi connectivity index (χ1n) is 6.87. The highest BCUT2D eigenvalue weighted by Crippen LogP contribution is 2.28. The van der Waals surface area contributed by atoms with Gasteiger partial charge >= 0.3 is 0 Å². The highest BCUT2D eigenvalue weighted by Gasteiger charge is 2.22. The maximum Gasteiger partial charge on any atom is 0.0351 e. The molecule has 2 rings (SSSR count). The second-order valence-electron chi connectivity index (χ2n) is 5.48. The molecule has 0 radical (unpaired) electrons. The van der Waals surface area contributed by atoms with E-state index in [-0.39, 0.29) is 24.8 Å². The number of hydrogen-bond donors (Lipinski definition) is 1. The van der Waals surface area contributed by atoms with Crippen LogP contribution in [0.3, 0.4) is 0 Å². The molecule has 1 saturated heterocycles. The van der Waals surface area contributed by atoms with Crippen molar-refractivity contribution in [3.05, 3.63) is 34.3 Å². The molecule has 0 unspecified atom stereocenters. The summed E-state index contributed by atoms with van der Waals surface area (Å²) in [5.41, 5.74) is 1.45. The van der Waals surface area contributed by atoms with Gasteiger partial charge in [0.05, 0.1) is 0 Å². The average molecular weight is 384 g/mol. The molecular weight excluding hydrogens is 359 g/mol. The van der Waals surface area contributed by atoms with Gasteiger partial charge in [-0.25, -0.2) is 0 Å². The van der Waals surface area contributed by atoms with Crippen LogP contribution in [0.4, 0.5) is 0 Å². The highest BCUT2D eigenvalue weighted by molar-refractivity contribution is 9.10. The molecule has 1 heterocycles. The predicted molar refractivity (Wildman–Crippen MR) is 95.3 cm³/mol. The quantitative estimate of drug-likeness (QED) is 0.834. The fraction of sp³-hybridized carbons (Fsp3) is 0.600. The predicted octanol–water partition coefficient (Wildman–Crippen LogP) is 4.29. The van der Waals surface area contributed by atoms with Crippen molar-refractivity contribution in [3.63, 3.8) is 0 Å². The topological polar surface area (TPSA) is 15.3 Å². The number of rotatable bonds is 4. The van der Waals surface area contributed by atoms with Crippen molar-refractivity contribution in [3.8, 4) is 0 Å². The van der Waals surface area contributed by atoms with Gasteiger partial charge in [0.25, 0.3) is 0 Å². The van der Waals surface area contributed by atoms with Crippen molar-refractivity contribution in [2.24, 2.45) is 5.92 Å². The van der Waals surface area contributed by atoms with Gasteiger partial charge in [-0.05, 0) is 30.0 Å². The molecule has 0 bridgehead atoms. The fourth-order valence-electron chi connectivity index (χ4n) is 2.62. The monoisotopic (exact) mass is 382 g/mol. The van der Waals surface area contributed by atoms with Gasteiger partial charge < -0.3 is 5.32 Å². The maximum atomic E-state index is 3.52. The molecule has 5 heteroatoms. The first kappa shape index (κ1) is 20.2. The Morgan fingerprint density at radius 2 is 1.65 bits per heavy atom. The molecule has 116 valence electrons. The zero-order valence-corrected chi connectivity index (χ0v) is 15.4.